The summed E-state index contributed by atoms with van der Waals surface area (Å²) in [5.74, 6) is 0.625. The van der Waals surface area contributed by atoms with Crippen molar-refractivity contribution in [1.29, 1.82) is 0 Å². The highest BCUT2D eigenvalue weighted by molar-refractivity contribution is 5.88. The third-order valence-corrected chi connectivity index (χ3v) is 7.45. The molecule has 3 aromatic carbocycles. The van der Waals surface area contributed by atoms with Gasteiger partial charge in [0.15, 0.2) is 0 Å². The summed E-state index contributed by atoms with van der Waals surface area (Å²) in [7, 11) is 0. The maximum atomic E-state index is 13.8. The fourth-order valence-electron chi connectivity index (χ4n) is 5.40. The number of benzene rings is 3. The van der Waals surface area contributed by atoms with Gasteiger partial charge in [0.25, 0.3) is 0 Å². The molecular weight excluding hydrogens is 470 g/mol. The quantitative estimate of drug-likeness (QED) is 0.270. The Balaban J connectivity index is 1.31. The Labute approximate surface area is 225 Å². The molecule has 1 N–H and O–H groups in total. The maximum Gasteiger partial charge on any atom is 0.242 e. The van der Waals surface area contributed by atoms with Gasteiger partial charge in [0.1, 0.15) is 0 Å². The van der Waals surface area contributed by atoms with Crippen LogP contribution in [-0.4, -0.2) is 46.2 Å². The lowest BCUT2D eigenvalue weighted by molar-refractivity contribution is -0.142. The van der Waals surface area contributed by atoms with E-state index in [0.29, 0.717) is 19.6 Å². The second-order valence-corrected chi connectivity index (χ2v) is 10.9. The number of aromatic nitrogens is 1. The van der Waals surface area contributed by atoms with E-state index in [2.05, 4.69) is 55.2 Å². The van der Waals surface area contributed by atoms with E-state index in [1.807, 2.05) is 64.5 Å². The molecule has 196 valence electrons. The van der Waals surface area contributed by atoms with Gasteiger partial charge in [-0.25, -0.2) is 0 Å². The molecule has 38 heavy (non-hydrogen) atoms. The van der Waals surface area contributed by atoms with E-state index < -0.39 is 0 Å². The van der Waals surface area contributed by atoms with Crippen LogP contribution in [0.1, 0.15) is 42.9 Å². The number of hydrogen-bond acceptors (Lipinski definition) is 2. The van der Waals surface area contributed by atoms with E-state index in [9.17, 15) is 9.59 Å². The number of nitrogens with zero attached hydrogens (tertiary/aromatic N) is 2. The standard InChI is InChI=1S/C33H37N3O2/c1-24(2)21-36(33(38)30-19-29(30)26-13-7-4-8-14-26)23-32(37)35(22-25-11-5-3-6-12-25)18-17-27-20-34-31-16-10-9-15-28(27)31/h3-16,20,24,29-30,34H,17-19,21-23H2,1-2H3. The van der Waals surface area contributed by atoms with Crippen molar-refractivity contribution in [1.82, 2.24) is 14.8 Å². The Morgan fingerprint density at radius 2 is 1.58 bits per heavy atom. The molecule has 5 heteroatoms. The lowest BCUT2D eigenvalue weighted by Crippen LogP contribution is -2.45. The molecule has 5 nitrogen and oxygen atoms in total. The highest BCUT2D eigenvalue weighted by atomic mass is 16.2. The van der Waals surface area contributed by atoms with Gasteiger partial charge in [-0.2, -0.15) is 0 Å². The monoisotopic (exact) mass is 507 g/mol. The van der Waals surface area contributed by atoms with Crippen LogP contribution in [0.25, 0.3) is 10.9 Å². The minimum absolute atomic E-state index is 0.000365. The van der Waals surface area contributed by atoms with Crippen molar-refractivity contribution >= 4 is 22.7 Å². The van der Waals surface area contributed by atoms with Gasteiger partial charge in [-0.3, -0.25) is 9.59 Å². The zero-order chi connectivity index (χ0) is 26.5. The summed E-state index contributed by atoms with van der Waals surface area (Å²) >= 11 is 0. The first-order valence-corrected chi connectivity index (χ1v) is 13.7. The van der Waals surface area contributed by atoms with Crippen molar-refractivity contribution in [3.8, 4) is 0 Å². The molecular formula is C33H37N3O2. The predicted molar refractivity (Wildman–Crippen MR) is 153 cm³/mol. The number of rotatable bonds is 11. The highest BCUT2D eigenvalue weighted by Crippen LogP contribution is 2.48. The van der Waals surface area contributed by atoms with Crippen LogP contribution in [0.4, 0.5) is 0 Å². The minimum atomic E-state index is -0.0299. The summed E-state index contributed by atoms with van der Waals surface area (Å²) < 4.78 is 0. The van der Waals surface area contributed by atoms with Crippen LogP contribution in [0.3, 0.4) is 0 Å². The summed E-state index contributed by atoms with van der Waals surface area (Å²) in [6.45, 7) is 6.03. The fraction of sp³-hybridized carbons (Fsp3) is 0.333. The van der Waals surface area contributed by atoms with Gasteiger partial charge < -0.3 is 14.8 Å². The van der Waals surface area contributed by atoms with Crippen molar-refractivity contribution in [2.24, 2.45) is 11.8 Å². The first-order valence-electron chi connectivity index (χ1n) is 13.7. The van der Waals surface area contributed by atoms with Crippen LogP contribution in [0.5, 0.6) is 0 Å². The second kappa shape index (κ2) is 11.7. The van der Waals surface area contributed by atoms with Crippen LogP contribution < -0.4 is 0 Å². The van der Waals surface area contributed by atoms with Gasteiger partial charge in [-0.05, 0) is 47.4 Å². The van der Waals surface area contributed by atoms with Crippen LogP contribution >= 0.6 is 0 Å². The average molecular weight is 508 g/mol. The zero-order valence-electron chi connectivity index (χ0n) is 22.3. The van der Waals surface area contributed by atoms with Gasteiger partial charge in [0.2, 0.25) is 11.8 Å². The predicted octanol–water partition coefficient (Wildman–Crippen LogP) is 6.03. The molecule has 2 unspecified atom stereocenters. The average Bonchev–Trinajstić information content (AvgIpc) is 3.64. The molecule has 2 amide bonds. The lowest BCUT2D eigenvalue weighted by atomic mass is 10.1. The number of carbonyl (C=O) groups is 2. The van der Waals surface area contributed by atoms with Crippen molar-refractivity contribution in [2.75, 3.05) is 19.6 Å². The van der Waals surface area contributed by atoms with Crippen molar-refractivity contribution in [2.45, 2.75) is 39.2 Å². The van der Waals surface area contributed by atoms with Crippen LogP contribution in [-0.2, 0) is 22.6 Å². The number of nitrogens with one attached hydrogen (secondary N) is 1. The highest BCUT2D eigenvalue weighted by Gasteiger charge is 2.46. The first-order chi connectivity index (χ1) is 18.5. The molecule has 1 aliphatic carbocycles. The normalized spacial score (nSPS) is 16.5. The molecule has 5 rings (SSSR count). The summed E-state index contributed by atoms with van der Waals surface area (Å²) in [5, 5.41) is 1.19. The Morgan fingerprint density at radius 3 is 2.32 bits per heavy atom. The number of aromatic amines is 1. The molecule has 1 aromatic heterocycles. The van der Waals surface area contributed by atoms with Crippen molar-refractivity contribution in [3.05, 3.63) is 108 Å². The van der Waals surface area contributed by atoms with E-state index in [1.165, 1.54) is 16.5 Å². The van der Waals surface area contributed by atoms with E-state index in [1.54, 1.807) is 0 Å². The largest absolute Gasteiger partial charge is 0.361 e. The van der Waals surface area contributed by atoms with Gasteiger partial charge in [0.05, 0.1) is 6.54 Å². The van der Waals surface area contributed by atoms with Gasteiger partial charge in [-0.1, -0.05) is 92.7 Å². The van der Waals surface area contributed by atoms with Gasteiger partial charge >= 0.3 is 0 Å². The van der Waals surface area contributed by atoms with Crippen molar-refractivity contribution in [3.63, 3.8) is 0 Å². The molecule has 1 saturated carbocycles. The third kappa shape index (κ3) is 6.16. The number of carbonyl (C=O) groups excluding carboxylic acids is 2. The number of para-hydroxylation sites is 1. The Bertz CT molecular complexity index is 1360. The Morgan fingerprint density at radius 1 is 0.895 bits per heavy atom. The molecule has 2 atom stereocenters. The molecule has 0 aliphatic heterocycles. The number of hydrogen-bond donors (Lipinski definition) is 1. The summed E-state index contributed by atoms with van der Waals surface area (Å²) in [6.07, 6.45) is 3.65. The molecule has 1 fully saturated rings. The van der Waals surface area contributed by atoms with Crippen LogP contribution in [0.2, 0.25) is 0 Å². The van der Waals surface area contributed by atoms with Gasteiger partial charge in [0, 0.05) is 42.7 Å². The van der Waals surface area contributed by atoms with Crippen LogP contribution in [0.15, 0.2) is 91.1 Å². The van der Waals surface area contributed by atoms with E-state index in [-0.39, 0.29) is 36.1 Å². The molecule has 0 spiro atoms. The fourth-order valence-corrected chi connectivity index (χ4v) is 5.40. The molecule has 0 saturated heterocycles. The summed E-state index contributed by atoms with van der Waals surface area (Å²) in [4.78, 5) is 34.4. The second-order valence-electron chi connectivity index (χ2n) is 10.9. The Hall–Kier alpha value is -3.86. The SMILES string of the molecule is CC(C)CN(CC(=O)N(CCc1c[nH]c2ccccc12)Cc1ccccc1)C(=O)C1CC1c1ccccc1. The summed E-state index contributed by atoms with van der Waals surface area (Å²) in [6, 6.07) is 28.6. The molecule has 1 aliphatic rings. The maximum absolute atomic E-state index is 13.8. The smallest absolute Gasteiger partial charge is 0.242 e. The number of amides is 2. The lowest BCUT2D eigenvalue weighted by Gasteiger charge is -2.29. The topological polar surface area (TPSA) is 56.4 Å². The van der Waals surface area contributed by atoms with E-state index >= 15 is 0 Å². The first kappa shape index (κ1) is 25.8. The number of H-pyrrole nitrogens is 1. The van der Waals surface area contributed by atoms with E-state index in [4.69, 9.17) is 0 Å². The number of fused-ring (bicyclic) bond motifs is 1. The molecule has 0 bridgehead atoms. The van der Waals surface area contributed by atoms with Crippen LogP contribution in [0, 0.1) is 11.8 Å². The van der Waals surface area contributed by atoms with Gasteiger partial charge in [-0.15, -0.1) is 0 Å². The molecule has 4 aromatic rings. The van der Waals surface area contributed by atoms with E-state index in [0.717, 1.165) is 23.9 Å². The molecule has 0 radical (unpaired) electrons. The third-order valence-electron chi connectivity index (χ3n) is 7.45. The van der Waals surface area contributed by atoms with Crippen molar-refractivity contribution < 1.29 is 9.59 Å². The summed E-state index contributed by atoms with van der Waals surface area (Å²) in [5.41, 5.74) is 4.61. The minimum Gasteiger partial charge on any atom is -0.361 e. The Kier molecular flexibility index (Phi) is 7.92. The zero-order valence-corrected chi connectivity index (χ0v) is 22.3. The molecule has 1 heterocycles.